The fraction of sp³-hybridized carbons (Fsp3) is 0.714. The van der Waals surface area contributed by atoms with E-state index >= 15 is 0 Å². The van der Waals surface area contributed by atoms with Crippen LogP contribution in [0.15, 0.2) is 0 Å². The molecule has 8 heteroatoms. The zero-order chi connectivity index (χ0) is 10.4. The minimum atomic E-state index is -1.35. The summed E-state index contributed by atoms with van der Waals surface area (Å²) in [5, 5.41) is 20.2. The van der Waals surface area contributed by atoms with Gasteiger partial charge in [0.1, 0.15) is 0 Å². The summed E-state index contributed by atoms with van der Waals surface area (Å²) in [6.45, 7) is 0. The van der Waals surface area contributed by atoms with Gasteiger partial charge in [-0.25, -0.2) is 0 Å². The number of hydrogen-bond acceptors (Lipinski definition) is 6. The van der Waals surface area contributed by atoms with Gasteiger partial charge >= 0.3 is 59.1 Å². The predicted octanol–water partition coefficient (Wildman–Crippen LogP) is -9.68. The number of carboxylic acid groups (broad SMARTS) is 2. The molecule has 0 aliphatic carbocycles. The summed E-state index contributed by atoms with van der Waals surface area (Å²) in [6.07, 6.45) is 0.636. The zero-order valence-electron chi connectivity index (χ0n) is 9.06. The number of nitrogens with two attached hydrogens (primary N) is 2. The molecule has 0 aliphatic rings. The standard InChI is InChI=1S/C7H14N2O4.2Na/c8-4(6(10)11)2-1-3-5(9)7(12)13;;/h4-5H,1-3,8-9H2,(H,10,11)(H,12,13);;/q;2*+1/p-2/t4-,5+;;. The van der Waals surface area contributed by atoms with Crippen LogP contribution < -0.4 is 80.8 Å². The number of carbonyl (C=O) groups excluding carboxylic acids is 2. The van der Waals surface area contributed by atoms with Gasteiger partial charge in [0.25, 0.3) is 0 Å². The van der Waals surface area contributed by atoms with Crippen LogP contribution in [-0.4, -0.2) is 24.0 Å². The second-order valence-electron chi connectivity index (χ2n) is 2.78. The summed E-state index contributed by atoms with van der Waals surface area (Å²) >= 11 is 0. The average molecular weight is 234 g/mol. The predicted molar refractivity (Wildman–Crippen MR) is 39.8 cm³/mol. The van der Waals surface area contributed by atoms with Crippen LogP contribution in [-0.2, 0) is 9.59 Å². The van der Waals surface area contributed by atoms with Gasteiger partial charge in [-0.1, -0.05) is 0 Å². The Bertz CT molecular complexity index is 183. The van der Waals surface area contributed by atoms with Crippen LogP contribution in [0, 0.1) is 0 Å². The Balaban J connectivity index is -0.000000720. The van der Waals surface area contributed by atoms with Crippen LogP contribution in [0.5, 0.6) is 0 Å². The Kier molecular flexibility index (Phi) is 16.0. The molecule has 0 aromatic heterocycles. The topological polar surface area (TPSA) is 132 Å². The molecule has 0 unspecified atom stereocenters. The van der Waals surface area contributed by atoms with Crippen molar-refractivity contribution >= 4 is 11.9 Å². The van der Waals surface area contributed by atoms with Gasteiger partial charge in [0.05, 0.1) is 11.9 Å². The van der Waals surface area contributed by atoms with Gasteiger partial charge in [-0.15, -0.1) is 0 Å². The fourth-order valence-corrected chi connectivity index (χ4v) is 0.793. The van der Waals surface area contributed by atoms with E-state index in [4.69, 9.17) is 11.5 Å². The molecular formula is C7H12N2Na2O4. The molecule has 0 aromatic carbocycles. The molecule has 0 saturated carbocycles. The second kappa shape index (κ2) is 11.3. The van der Waals surface area contributed by atoms with Crippen molar-refractivity contribution in [3.05, 3.63) is 0 Å². The van der Waals surface area contributed by atoms with Crippen molar-refractivity contribution in [2.24, 2.45) is 11.5 Å². The normalized spacial score (nSPS) is 12.9. The fourth-order valence-electron chi connectivity index (χ4n) is 0.793. The van der Waals surface area contributed by atoms with Gasteiger partial charge in [-0.2, -0.15) is 0 Å². The molecule has 0 heterocycles. The molecule has 0 rings (SSSR count). The molecule has 0 aliphatic heterocycles. The van der Waals surface area contributed by atoms with Crippen LogP contribution in [0.3, 0.4) is 0 Å². The van der Waals surface area contributed by atoms with Crippen molar-refractivity contribution in [1.29, 1.82) is 0 Å². The van der Waals surface area contributed by atoms with E-state index in [1.807, 2.05) is 0 Å². The summed E-state index contributed by atoms with van der Waals surface area (Å²) in [4.78, 5) is 20.2. The van der Waals surface area contributed by atoms with E-state index < -0.39 is 24.0 Å². The smallest absolute Gasteiger partial charge is 0.548 e. The molecule has 6 nitrogen and oxygen atoms in total. The quantitative estimate of drug-likeness (QED) is 0.438. The summed E-state index contributed by atoms with van der Waals surface area (Å²) in [5.41, 5.74) is 10.2. The molecular weight excluding hydrogens is 222 g/mol. The Morgan fingerprint density at radius 3 is 1.40 bits per heavy atom. The van der Waals surface area contributed by atoms with Gasteiger partial charge in [-0.05, 0) is 19.3 Å². The van der Waals surface area contributed by atoms with E-state index in [1.54, 1.807) is 0 Å². The van der Waals surface area contributed by atoms with E-state index in [-0.39, 0.29) is 72.0 Å². The molecule has 4 N–H and O–H groups in total. The molecule has 0 bridgehead atoms. The van der Waals surface area contributed by atoms with Crippen LogP contribution in [0.4, 0.5) is 0 Å². The number of aliphatic carboxylic acids is 2. The van der Waals surface area contributed by atoms with Gasteiger partial charge < -0.3 is 31.3 Å². The van der Waals surface area contributed by atoms with E-state index in [2.05, 4.69) is 0 Å². The van der Waals surface area contributed by atoms with Gasteiger partial charge in [-0.3, -0.25) is 0 Å². The minimum Gasteiger partial charge on any atom is -0.548 e. The first-order valence-electron chi connectivity index (χ1n) is 3.88. The first-order valence-corrected chi connectivity index (χ1v) is 3.88. The number of rotatable bonds is 6. The number of carboxylic acids is 2. The summed E-state index contributed by atoms with van der Waals surface area (Å²) in [5.74, 6) is -2.69. The second-order valence-corrected chi connectivity index (χ2v) is 2.78. The zero-order valence-corrected chi connectivity index (χ0v) is 13.1. The van der Waals surface area contributed by atoms with Crippen molar-refractivity contribution in [3.63, 3.8) is 0 Å². The van der Waals surface area contributed by atoms with Gasteiger partial charge in [0, 0.05) is 12.1 Å². The largest absolute Gasteiger partial charge is 1.00 e. The minimum absolute atomic E-state index is 0. The third-order valence-electron chi connectivity index (χ3n) is 1.64. The van der Waals surface area contributed by atoms with E-state index in [9.17, 15) is 19.8 Å². The Morgan fingerprint density at radius 1 is 0.933 bits per heavy atom. The third kappa shape index (κ3) is 11.1. The van der Waals surface area contributed by atoms with Gasteiger partial charge in [0.2, 0.25) is 0 Å². The Hall–Kier alpha value is 0.860. The first kappa shape index (κ1) is 21.2. The first-order chi connectivity index (χ1) is 5.95. The molecule has 0 aromatic rings. The maximum Gasteiger partial charge on any atom is 1.00 e. The summed E-state index contributed by atoms with van der Waals surface area (Å²) < 4.78 is 0. The maximum atomic E-state index is 10.1. The SMILES string of the molecule is N[C@H](CCC[C@H](N)C(=O)[O-])C(=O)[O-].[Na+].[Na+]. The number of hydrogen-bond donors (Lipinski definition) is 2. The molecule has 0 fully saturated rings. The molecule has 2 atom stereocenters. The van der Waals surface area contributed by atoms with E-state index in [0.29, 0.717) is 6.42 Å². The molecule has 0 spiro atoms. The van der Waals surface area contributed by atoms with Gasteiger partial charge in [0.15, 0.2) is 0 Å². The molecule has 0 amide bonds. The summed E-state index contributed by atoms with van der Waals surface area (Å²) in [6, 6.07) is -2.12. The maximum absolute atomic E-state index is 10.1. The number of carbonyl (C=O) groups is 2. The van der Waals surface area contributed by atoms with Crippen LogP contribution in [0.2, 0.25) is 0 Å². The van der Waals surface area contributed by atoms with Crippen molar-refractivity contribution < 1.29 is 78.9 Å². The molecule has 0 saturated heterocycles. The molecule has 0 radical (unpaired) electrons. The molecule has 15 heavy (non-hydrogen) atoms. The average Bonchev–Trinajstić information content (AvgIpc) is 2.03. The van der Waals surface area contributed by atoms with Crippen LogP contribution in [0.1, 0.15) is 19.3 Å². The monoisotopic (exact) mass is 234 g/mol. The summed E-state index contributed by atoms with van der Waals surface area (Å²) in [7, 11) is 0. The van der Waals surface area contributed by atoms with Crippen molar-refractivity contribution in [3.8, 4) is 0 Å². The van der Waals surface area contributed by atoms with Crippen molar-refractivity contribution in [2.45, 2.75) is 31.3 Å². The van der Waals surface area contributed by atoms with E-state index in [1.165, 1.54) is 0 Å². The Morgan fingerprint density at radius 2 is 1.20 bits per heavy atom. The van der Waals surface area contributed by atoms with Crippen molar-refractivity contribution in [1.82, 2.24) is 0 Å². The van der Waals surface area contributed by atoms with E-state index in [0.717, 1.165) is 0 Å². The van der Waals surface area contributed by atoms with Crippen LogP contribution in [0.25, 0.3) is 0 Å². The van der Waals surface area contributed by atoms with Crippen LogP contribution >= 0.6 is 0 Å². The molecule has 76 valence electrons. The Labute approximate surface area is 132 Å². The third-order valence-corrected chi connectivity index (χ3v) is 1.64. The van der Waals surface area contributed by atoms with Crippen molar-refractivity contribution in [2.75, 3.05) is 0 Å².